The molecular weight excluding hydrogens is 104 g/mol. The molecule has 0 radical (unpaired) electrons. The Kier molecular flexibility index (Phi) is 1.04. The van der Waals surface area contributed by atoms with Gasteiger partial charge in [0, 0.05) is 6.92 Å². The van der Waals surface area contributed by atoms with Gasteiger partial charge in [-0.3, -0.25) is 14.7 Å². The van der Waals surface area contributed by atoms with E-state index in [1.165, 1.54) is 6.92 Å². The summed E-state index contributed by atoms with van der Waals surface area (Å²) in [7, 11) is 0. The summed E-state index contributed by atoms with van der Waals surface area (Å²) in [5.74, 6) is 0.912. The first-order valence-electron chi connectivity index (χ1n) is 2.51. The van der Waals surface area contributed by atoms with E-state index in [4.69, 9.17) is 0 Å². The fraction of sp³-hybridized carbons (Fsp3) is 0.600. The second kappa shape index (κ2) is 1.58. The van der Waals surface area contributed by atoms with Crippen LogP contribution in [0.15, 0.2) is 4.99 Å². The number of carbonyl (C=O) groups is 1. The van der Waals surface area contributed by atoms with Crippen LogP contribution in [0.25, 0.3) is 0 Å². The number of amides is 1. The second-order valence-corrected chi connectivity index (χ2v) is 1.79. The molecule has 1 amide bonds. The molecule has 0 unspecified atom stereocenters. The lowest BCUT2D eigenvalue weighted by Gasteiger charge is -2.25. The SMILES string of the molecule is CC(=O)N1CN=C1C. The van der Waals surface area contributed by atoms with Crippen molar-refractivity contribution in [2.75, 3.05) is 6.67 Å². The Morgan fingerprint density at radius 3 is 2.50 bits per heavy atom. The van der Waals surface area contributed by atoms with Crippen LogP contribution in [0.5, 0.6) is 0 Å². The van der Waals surface area contributed by atoms with Crippen molar-refractivity contribution in [3.63, 3.8) is 0 Å². The third-order valence-corrected chi connectivity index (χ3v) is 1.21. The highest BCUT2D eigenvalue weighted by molar-refractivity contribution is 5.98. The quantitative estimate of drug-likeness (QED) is 0.441. The molecule has 0 atom stereocenters. The predicted octanol–water partition coefficient (Wildman–Crippen LogP) is 0.224. The van der Waals surface area contributed by atoms with E-state index in [0.29, 0.717) is 6.67 Å². The Bertz CT molecular complexity index is 151. The van der Waals surface area contributed by atoms with Crippen molar-refractivity contribution in [2.45, 2.75) is 13.8 Å². The molecule has 8 heavy (non-hydrogen) atoms. The molecule has 0 saturated heterocycles. The molecule has 0 fully saturated rings. The lowest BCUT2D eigenvalue weighted by Crippen LogP contribution is -2.41. The summed E-state index contributed by atoms with van der Waals surface area (Å²) < 4.78 is 0. The van der Waals surface area contributed by atoms with Gasteiger partial charge in [-0.2, -0.15) is 0 Å². The van der Waals surface area contributed by atoms with Crippen molar-refractivity contribution < 1.29 is 4.79 Å². The molecule has 0 aromatic heterocycles. The standard InChI is InChI=1S/C5H8N2O/c1-4-6-3-7(4)5(2)8/h3H2,1-2H3. The topological polar surface area (TPSA) is 32.7 Å². The Hall–Kier alpha value is -0.860. The highest BCUT2D eigenvalue weighted by atomic mass is 16.2. The number of carbonyl (C=O) groups excluding carboxylic acids is 1. The van der Waals surface area contributed by atoms with Crippen LogP contribution in [0.3, 0.4) is 0 Å². The van der Waals surface area contributed by atoms with E-state index in [1.54, 1.807) is 4.90 Å². The second-order valence-electron chi connectivity index (χ2n) is 1.79. The summed E-state index contributed by atoms with van der Waals surface area (Å²) >= 11 is 0. The summed E-state index contributed by atoms with van der Waals surface area (Å²) in [5.41, 5.74) is 0. The third-order valence-electron chi connectivity index (χ3n) is 1.21. The Morgan fingerprint density at radius 1 is 1.88 bits per heavy atom. The first kappa shape index (κ1) is 5.28. The predicted molar refractivity (Wildman–Crippen MR) is 30.5 cm³/mol. The molecular formula is C5H8N2O. The molecule has 3 nitrogen and oxygen atoms in total. The van der Waals surface area contributed by atoms with Crippen molar-refractivity contribution in [3.8, 4) is 0 Å². The number of hydrogen-bond donors (Lipinski definition) is 0. The molecule has 0 aliphatic carbocycles. The number of nitrogens with zero attached hydrogens (tertiary/aromatic N) is 2. The van der Waals surface area contributed by atoms with Gasteiger partial charge < -0.3 is 0 Å². The van der Waals surface area contributed by atoms with Crippen LogP contribution in [0.2, 0.25) is 0 Å². The summed E-state index contributed by atoms with van der Waals surface area (Å²) in [4.78, 5) is 16.0. The van der Waals surface area contributed by atoms with Crippen LogP contribution in [0, 0.1) is 0 Å². The van der Waals surface area contributed by atoms with Crippen molar-refractivity contribution in [1.29, 1.82) is 0 Å². The van der Waals surface area contributed by atoms with Crippen LogP contribution in [-0.2, 0) is 4.79 Å². The highest BCUT2D eigenvalue weighted by Crippen LogP contribution is 2.02. The summed E-state index contributed by atoms with van der Waals surface area (Å²) in [6.45, 7) is 3.92. The van der Waals surface area contributed by atoms with E-state index in [-0.39, 0.29) is 5.91 Å². The van der Waals surface area contributed by atoms with E-state index in [1.807, 2.05) is 6.92 Å². The fourth-order valence-corrected chi connectivity index (χ4v) is 0.610. The molecule has 1 aliphatic rings. The minimum absolute atomic E-state index is 0.0810. The molecule has 0 N–H and O–H groups in total. The van der Waals surface area contributed by atoms with E-state index in [0.717, 1.165) is 5.84 Å². The Morgan fingerprint density at radius 2 is 2.50 bits per heavy atom. The van der Waals surface area contributed by atoms with Gasteiger partial charge in [0.1, 0.15) is 12.5 Å². The molecule has 1 rings (SSSR count). The zero-order chi connectivity index (χ0) is 6.15. The maximum Gasteiger partial charge on any atom is 0.226 e. The Labute approximate surface area is 48.0 Å². The smallest absolute Gasteiger partial charge is 0.226 e. The van der Waals surface area contributed by atoms with Gasteiger partial charge in [-0.1, -0.05) is 0 Å². The molecule has 0 bridgehead atoms. The lowest BCUT2D eigenvalue weighted by atomic mass is 10.4. The van der Waals surface area contributed by atoms with Crippen molar-refractivity contribution in [2.24, 2.45) is 4.99 Å². The Balaban J connectivity index is 2.55. The minimum atomic E-state index is 0.0810. The maximum atomic E-state index is 10.5. The monoisotopic (exact) mass is 112 g/mol. The number of rotatable bonds is 0. The number of aliphatic imine (C=N–C) groups is 1. The molecule has 44 valence electrons. The van der Waals surface area contributed by atoms with Crippen LogP contribution < -0.4 is 0 Å². The minimum Gasteiger partial charge on any atom is -0.281 e. The van der Waals surface area contributed by atoms with Crippen molar-refractivity contribution in [1.82, 2.24) is 4.90 Å². The zero-order valence-electron chi connectivity index (χ0n) is 5.01. The van der Waals surface area contributed by atoms with Crippen LogP contribution in [-0.4, -0.2) is 23.3 Å². The molecule has 0 aromatic rings. The fourth-order valence-electron chi connectivity index (χ4n) is 0.610. The molecule has 3 heteroatoms. The molecule has 0 aromatic carbocycles. The van der Waals surface area contributed by atoms with Gasteiger partial charge >= 0.3 is 0 Å². The first-order valence-corrected chi connectivity index (χ1v) is 2.51. The van der Waals surface area contributed by atoms with E-state index < -0.39 is 0 Å². The van der Waals surface area contributed by atoms with Crippen molar-refractivity contribution in [3.05, 3.63) is 0 Å². The van der Waals surface area contributed by atoms with E-state index >= 15 is 0 Å². The largest absolute Gasteiger partial charge is 0.281 e. The molecule has 0 spiro atoms. The molecule has 0 saturated carbocycles. The average molecular weight is 112 g/mol. The number of hydrogen-bond acceptors (Lipinski definition) is 2. The van der Waals surface area contributed by atoms with Gasteiger partial charge in [0.05, 0.1) is 0 Å². The summed E-state index contributed by atoms with van der Waals surface area (Å²) in [5, 5.41) is 0. The molecule has 1 aliphatic heterocycles. The number of amidine groups is 1. The third kappa shape index (κ3) is 0.598. The van der Waals surface area contributed by atoms with Crippen molar-refractivity contribution >= 4 is 11.7 Å². The van der Waals surface area contributed by atoms with Gasteiger partial charge in [0.2, 0.25) is 5.91 Å². The average Bonchev–Trinajstić information content (AvgIpc) is 1.61. The van der Waals surface area contributed by atoms with Gasteiger partial charge in [-0.15, -0.1) is 0 Å². The van der Waals surface area contributed by atoms with Gasteiger partial charge in [-0.05, 0) is 6.92 Å². The summed E-state index contributed by atoms with van der Waals surface area (Å²) in [6.07, 6.45) is 0. The van der Waals surface area contributed by atoms with Crippen LogP contribution in [0.4, 0.5) is 0 Å². The lowest BCUT2D eigenvalue weighted by molar-refractivity contribution is -0.125. The van der Waals surface area contributed by atoms with Gasteiger partial charge in [0.15, 0.2) is 0 Å². The molecule has 1 heterocycles. The first-order chi connectivity index (χ1) is 3.72. The van der Waals surface area contributed by atoms with Crippen LogP contribution >= 0.6 is 0 Å². The normalized spacial score (nSPS) is 17.2. The zero-order valence-corrected chi connectivity index (χ0v) is 5.01. The van der Waals surface area contributed by atoms with E-state index in [2.05, 4.69) is 4.99 Å². The maximum absolute atomic E-state index is 10.5. The van der Waals surface area contributed by atoms with Gasteiger partial charge in [0.25, 0.3) is 0 Å². The van der Waals surface area contributed by atoms with E-state index in [9.17, 15) is 4.79 Å². The highest BCUT2D eigenvalue weighted by Gasteiger charge is 2.17. The van der Waals surface area contributed by atoms with Crippen LogP contribution in [0.1, 0.15) is 13.8 Å². The summed E-state index contributed by atoms with van der Waals surface area (Å²) in [6, 6.07) is 0. The van der Waals surface area contributed by atoms with Gasteiger partial charge in [-0.25, -0.2) is 0 Å².